The summed E-state index contributed by atoms with van der Waals surface area (Å²) in [7, 11) is 3.15. The number of alkyl halides is 3. The van der Waals surface area contributed by atoms with Crippen molar-refractivity contribution in [3.8, 4) is 5.69 Å². The Hall–Kier alpha value is -3.77. The summed E-state index contributed by atoms with van der Waals surface area (Å²) in [4.78, 5) is 27.4. The number of hydrogen-bond donors (Lipinski definition) is 0. The number of amides is 1. The Bertz CT molecular complexity index is 1250. The van der Waals surface area contributed by atoms with Gasteiger partial charge in [0.1, 0.15) is 11.6 Å². The summed E-state index contributed by atoms with van der Waals surface area (Å²) in [5, 5.41) is 8.08. The minimum atomic E-state index is -4.62. The Morgan fingerprint density at radius 3 is 2.51 bits per heavy atom. The molecule has 35 heavy (non-hydrogen) atoms. The summed E-state index contributed by atoms with van der Waals surface area (Å²) in [5.41, 5.74) is -0.563. The van der Waals surface area contributed by atoms with Crippen LogP contribution in [0.3, 0.4) is 0 Å². The van der Waals surface area contributed by atoms with E-state index in [2.05, 4.69) is 20.2 Å². The van der Waals surface area contributed by atoms with Crippen molar-refractivity contribution in [3.63, 3.8) is 0 Å². The standard InChI is InChI=1S/C22H22F4N8O/c1-31(2)21-29-18(22(24,25)26)10-19(30-21)33-11-13-5-8-32(12-17(13)33)20(35)15-9-14(23)3-4-16(15)34-27-6-7-28-34/h3-4,6-7,9-10,13,17H,5,8,11-12H2,1-2H3. The van der Waals surface area contributed by atoms with Crippen LogP contribution in [0.1, 0.15) is 22.5 Å². The zero-order valence-electron chi connectivity index (χ0n) is 18.9. The van der Waals surface area contributed by atoms with Gasteiger partial charge in [-0.15, -0.1) is 0 Å². The van der Waals surface area contributed by atoms with Gasteiger partial charge in [0, 0.05) is 45.7 Å². The minimum absolute atomic E-state index is 0.0434. The van der Waals surface area contributed by atoms with Gasteiger partial charge in [-0.05, 0) is 24.6 Å². The molecule has 2 saturated heterocycles. The molecule has 0 saturated carbocycles. The number of anilines is 2. The Morgan fingerprint density at radius 2 is 1.83 bits per heavy atom. The fourth-order valence-electron chi connectivity index (χ4n) is 4.52. The van der Waals surface area contributed by atoms with E-state index in [1.165, 1.54) is 34.2 Å². The Balaban J connectivity index is 1.41. The lowest BCUT2D eigenvalue weighted by molar-refractivity contribution is -0.141. The molecule has 0 bridgehead atoms. The molecule has 2 unspecified atom stereocenters. The van der Waals surface area contributed by atoms with Crippen molar-refractivity contribution in [2.24, 2.45) is 5.92 Å². The molecule has 4 heterocycles. The topological polar surface area (TPSA) is 83.3 Å². The van der Waals surface area contributed by atoms with Gasteiger partial charge >= 0.3 is 6.18 Å². The average Bonchev–Trinajstić information content (AvgIpc) is 3.33. The smallest absolute Gasteiger partial charge is 0.351 e. The average molecular weight is 490 g/mol. The van der Waals surface area contributed by atoms with E-state index in [0.29, 0.717) is 25.2 Å². The maximum absolute atomic E-state index is 14.0. The van der Waals surface area contributed by atoms with Crippen LogP contribution in [0.2, 0.25) is 0 Å². The molecular formula is C22H22F4N8O. The van der Waals surface area contributed by atoms with E-state index in [0.717, 1.165) is 12.1 Å². The molecule has 2 aliphatic heterocycles. The van der Waals surface area contributed by atoms with Crippen LogP contribution in [0.4, 0.5) is 29.3 Å². The third kappa shape index (κ3) is 4.26. The van der Waals surface area contributed by atoms with Gasteiger partial charge < -0.3 is 14.7 Å². The fraction of sp³-hybridized carbons (Fsp3) is 0.409. The first-order valence-corrected chi connectivity index (χ1v) is 11.0. The van der Waals surface area contributed by atoms with Crippen molar-refractivity contribution in [2.75, 3.05) is 43.5 Å². The number of aromatic nitrogens is 5. The number of benzene rings is 1. The Morgan fingerprint density at radius 1 is 1.09 bits per heavy atom. The van der Waals surface area contributed by atoms with Crippen LogP contribution in [0.5, 0.6) is 0 Å². The van der Waals surface area contributed by atoms with Gasteiger partial charge in [0.15, 0.2) is 5.69 Å². The van der Waals surface area contributed by atoms with E-state index < -0.39 is 23.6 Å². The van der Waals surface area contributed by atoms with Gasteiger partial charge in [-0.25, -0.2) is 9.37 Å². The van der Waals surface area contributed by atoms with Gasteiger partial charge in [0.2, 0.25) is 5.95 Å². The summed E-state index contributed by atoms with van der Waals surface area (Å²) in [6.07, 6.45) is -1.03. The van der Waals surface area contributed by atoms with Crippen LogP contribution >= 0.6 is 0 Å². The number of carbonyl (C=O) groups is 1. The largest absolute Gasteiger partial charge is 0.433 e. The number of rotatable bonds is 4. The molecule has 9 nitrogen and oxygen atoms in total. The van der Waals surface area contributed by atoms with Crippen LogP contribution < -0.4 is 9.80 Å². The number of nitrogens with zero attached hydrogens (tertiary/aromatic N) is 8. The van der Waals surface area contributed by atoms with E-state index >= 15 is 0 Å². The first-order chi connectivity index (χ1) is 16.6. The van der Waals surface area contributed by atoms with Gasteiger partial charge in [-0.2, -0.15) is 33.1 Å². The van der Waals surface area contributed by atoms with Crippen molar-refractivity contribution in [2.45, 2.75) is 18.6 Å². The molecule has 0 radical (unpaired) electrons. The monoisotopic (exact) mass is 490 g/mol. The van der Waals surface area contributed by atoms with E-state index in [1.54, 1.807) is 23.9 Å². The molecule has 184 valence electrons. The maximum Gasteiger partial charge on any atom is 0.433 e. The lowest BCUT2D eigenvalue weighted by Gasteiger charge is -2.54. The number of likely N-dealkylation sites (tertiary alicyclic amines) is 1. The van der Waals surface area contributed by atoms with E-state index in [9.17, 15) is 22.4 Å². The highest BCUT2D eigenvalue weighted by Gasteiger charge is 2.45. The quantitative estimate of drug-likeness (QED) is 0.520. The highest BCUT2D eigenvalue weighted by atomic mass is 19.4. The molecule has 2 aromatic heterocycles. The molecular weight excluding hydrogens is 468 g/mol. The molecule has 1 amide bonds. The summed E-state index contributed by atoms with van der Waals surface area (Å²) >= 11 is 0. The van der Waals surface area contributed by atoms with Gasteiger partial charge in [-0.1, -0.05) is 0 Å². The molecule has 0 aliphatic carbocycles. The SMILES string of the molecule is CN(C)c1nc(N2CC3CCN(C(=O)c4cc(F)ccc4-n4nccn4)CC32)cc(C(F)(F)F)n1. The predicted octanol–water partition coefficient (Wildman–Crippen LogP) is 2.63. The third-order valence-corrected chi connectivity index (χ3v) is 6.35. The molecule has 2 aliphatic rings. The summed E-state index contributed by atoms with van der Waals surface area (Å²) in [6, 6.07) is 4.55. The Labute approximate surface area is 198 Å². The van der Waals surface area contributed by atoms with Gasteiger partial charge in [0.25, 0.3) is 5.91 Å². The van der Waals surface area contributed by atoms with Crippen LogP contribution in [0.15, 0.2) is 36.7 Å². The summed E-state index contributed by atoms with van der Waals surface area (Å²) < 4.78 is 54.4. The summed E-state index contributed by atoms with van der Waals surface area (Å²) in [6.45, 7) is 1.27. The van der Waals surface area contributed by atoms with Crippen LogP contribution in [-0.2, 0) is 6.18 Å². The zero-order valence-corrected chi connectivity index (χ0v) is 18.9. The first-order valence-electron chi connectivity index (χ1n) is 11.0. The second-order valence-corrected chi connectivity index (χ2v) is 8.80. The highest BCUT2D eigenvalue weighted by molar-refractivity contribution is 5.98. The molecule has 2 atom stereocenters. The number of fused-ring (bicyclic) bond motifs is 1. The molecule has 2 fully saturated rings. The van der Waals surface area contributed by atoms with Crippen LogP contribution in [0.25, 0.3) is 5.69 Å². The minimum Gasteiger partial charge on any atom is -0.351 e. The first kappa shape index (κ1) is 23.0. The second-order valence-electron chi connectivity index (χ2n) is 8.80. The lowest BCUT2D eigenvalue weighted by atomic mass is 9.82. The molecule has 13 heteroatoms. The molecule has 1 aromatic carbocycles. The lowest BCUT2D eigenvalue weighted by Crippen LogP contribution is -2.65. The summed E-state index contributed by atoms with van der Waals surface area (Å²) in [5.74, 6) is -0.626. The van der Waals surface area contributed by atoms with E-state index in [4.69, 9.17) is 0 Å². The van der Waals surface area contributed by atoms with Gasteiger partial charge in [0.05, 0.1) is 29.7 Å². The number of carbonyl (C=O) groups excluding carboxylic acids is 1. The maximum atomic E-state index is 14.0. The second kappa shape index (κ2) is 8.47. The van der Waals surface area contributed by atoms with Crippen molar-refractivity contribution >= 4 is 17.7 Å². The highest BCUT2D eigenvalue weighted by Crippen LogP contribution is 2.39. The van der Waals surface area contributed by atoms with Crippen molar-refractivity contribution < 1.29 is 22.4 Å². The van der Waals surface area contributed by atoms with Crippen molar-refractivity contribution in [3.05, 3.63) is 53.7 Å². The molecule has 0 spiro atoms. The molecule has 0 N–H and O–H groups in total. The fourth-order valence-corrected chi connectivity index (χ4v) is 4.52. The molecule has 5 rings (SSSR count). The zero-order chi connectivity index (χ0) is 24.9. The normalized spacial score (nSPS) is 19.8. The van der Waals surface area contributed by atoms with Crippen molar-refractivity contribution in [1.82, 2.24) is 29.9 Å². The van der Waals surface area contributed by atoms with Crippen LogP contribution in [0, 0.1) is 11.7 Å². The number of hydrogen-bond acceptors (Lipinski definition) is 7. The van der Waals surface area contributed by atoms with Crippen molar-refractivity contribution in [1.29, 1.82) is 0 Å². The van der Waals surface area contributed by atoms with E-state index in [1.807, 2.05) is 0 Å². The molecule has 3 aromatic rings. The van der Waals surface area contributed by atoms with Crippen LogP contribution in [-0.4, -0.2) is 75.5 Å². The number of piperidine rings is 1. The van der Waals surface area contributed by atoms with E-state index in [-0.39, 0.29) is 35.8 Å². The Kier molecular flexibility index (Phi) is 5.56. The third-order valence-electron chi connectivity index (χ3n) is 6.35. The number of halogens is 4. The van der Waals surface area contributed by atoms with Gasteiger partial charge in [-0.3, -0.25) is 4.79 Å². The predicted molar refractivity (Wildman–Crippen MR) is 118 cm³/mol.